The summed E-state index contributed by atoms with van der Waals surface area (Å²) in [7, 11) is 2.00. The molecule has 0 spiro atoms. The first-order valence-corrected chi connectivity index (χ1v) is 10.6. The van der Waals surface area contributed by atoms with E-state index in [4.69, 9.17) is 0 Å². The first kappa shape index (κ1) is 18.9. The van der Waals surface area contributed by atoms with Gasteiger partial charge in [0, 0.05) is 37.8 Å². The van der Waals surface area contributed by atoms with Crippen LogP contribution in [0.5, 0.6) is 0 Å². The van der Waals surface area contributed by atoms with Gasteiger partial charge in [0.15, 0.2) is 0 Å². The fraction of sp³-hybridized carbons (Fsp3) is 0.682. The molecule has 3 aliphatic rings. The number of rotatable bonds is 5. The van der Waals surface area contributed by atoms with Crippen molar-refractivity contribution in [1.29, 1.82) is 0 Å². The van der Waals surface area contributed by atoms with Gasteiger partial charge in [-0.2, -0.15) is 0 Å². The number of amides is 1. The van der Waals surface area contributed by atoms with Crippen LogP contribution in [0.1, 0.15) is 51.1 Å². The highest BCUT2D eigenvalue weighted by Crippen LogP contribution is 2.45. The van der Waals surface area contributed by atoms with E-state index in [1.807, 2.05) is 11.9 Å². The van der Waals surface area contributed by atoms with Crippen molar-refractivity contribution in [1.82, 2.24) is 20.7 Å². The Morgan fingerprint density at radius 2 is 1.89 bits per heavy atom. The number of benzene rings is 1. The summed E-state index contributed by atoms with van der Waals surface area (Å²) >= 11 is 0. The molecule has 27 heavy (non-hydrogen) atoms. The predicted octanol–water partition coefficient (Wildman–Crippen LogP) is 2.56. The van der Waals surface area contributed by atoms with Crippen LogP contribution < -0.4 is 10.9 Å². The molecule has 5 nitrogen and oxygen atoms in total. The molecule has 3 saturated heterocycles. The zero-order valence-electron chi connectivity index (χ0n) is 16.9. The Morgan fingerprint density at radius 3 is 2.59 bits per heavy atom. The van der Waals surface area contributed by atoms with E-state index in [0.29, 0.717) is 36.0 Å². The van der Waals surface area contributed by atoms with Crippen molar-refractivity contribution in [3.05, 3.63) is 35.9 Å². The molecule has 3 aliphatic heterocycles. The third-order valence-electron chi connectivity index (χ3n) is 7.18. The van der Waals surface area contributed by atoms with Gasteiger partial charge in [0.05, 0.1) is 5.92 Å². The Balaban J connectivity index is 1.40. The van der Waals surface area contributed by atoms with Crippen LogP contribution in [0.25, 0.3) is 0 Å². The summed E-state index contributed by atoms with van der Waals surface area (Å²) in [5.74, 6) is 1.07. The van der Waals surface area contributed by atoms with Gasteiger partial charge in [0.2, 0.25) is 5.91 Å². The van der Waals surface area contributed by atoms with E-state index in [9.17, 15) is 4.79 Å². The Labute approximate surface area is 163 Å². The summed E-state index contributed by atoms with van der Waals surface area (Å²) in [6, 6.07) is 12.5. The molecule has 5 atom stereocenters. The number of carbonyl (C=O) groups is 1. The molecule has 4 rings (SSSR count). The monoisotopic (exact) mass is 370 g/mol. The van der Waals surface area contributed by atoms with E-state index in [2.05, 4.69) is 59.9 Å². The van der Waals surface area contributed by atoms with Gasteiger partial charge in [-0.05, 0) is 57.6 Å². The van der Waals surface area contributed by atoms with Gasteiger partial charge in [0.1, 0.15) is 0 Å². The summed E-state index contributed by atoms with van der Waals surface area (Å²) in [4.78, 5) is 17.9. The summed E-state index contributed by atoms with van der Waals surface area (Å²) in [5, 5.41) is 0. The van der Waals surface area contributed by atoms with E-state index in [1.54, 1.807) is 0 Å². The van der Waals surface area contributed by atoms with Gasteiger partial charge >= 0.3 is 0 Å². The highest BCUT2D eigenvalue weighted by atomic mass is 16.2. The summed E-state index contributed by atoms with van der Waals surface area (Å²) in [5.41, 5.74) is 8.01. The first-order valence-electron chi connectivity index (χ1n) is 10.6. The van der Waals surface area contributed by atoms with Crippen LogP contribution in [0, 0.1) is 11.8 Å². The average Bonchev–Trinajstić information content (AvgIpc) is 3.36. The van der Waals surface area contributed by atoms with Crippen LogP contribution in [0.4, 0.5) is 0 Å². The van der Waals surface area contributed by atoms with E-state index in [0.717, 1.165) is 32.4 Å². The number of hydrogen-bond acceptors (Lipinski definition) is 4. The molecule has 2 N–H and O–H groups in total. The largest absolute Gasteiger partial charge is 0.345 e. The summed E-state index contributed by atoms with van der Waals surface area (Å²) in [6.45, 7) is 6.43. The van der Waals surface area contributed by atoms with Crippen molar-refractivity contribution < 1.29 is 4.79 Å². The second-order valence-electron chi connectivity index (χ2n) is 8.79. The molecule has 0 radical (unpaired) electrons. The predicted molar refractivity (Wildman–Crippen MR) is 108 cm³/mol. The van der Waals surface area contributed by atoms with Gasteiger partial charge in [-0.1, -0.05) is 30.3 Å². The fourth-order valence-corrected chi connectivity index (χ4v) is 5.58. The zero-order valence-corrected chi connectivity index (χ0v) is 16.9. The molecule has 2 unspecified atom stereocenters. The molecule has 0 aliphatic carbocycles. The van der Waals surface area contributed by atoms with E-state index >= 15 is 0 Å². The SMILES string of the molecule is CC1NNC(C)C1CCN(C)C(=O)[C@@H]1C[C@H](c2ccccc2)N2CCC[C@@H]12. The van der Waals surface area contributed by atoms with Crippen molar-refractivity contribution >= 4 is 5.91 Å². The molecular weight excluding hydrogens is 336 g/mol. The number of hydrazine groups is 1. The van der Waals surface area contributed by atoms with E-state index in [-0.39, 0.29) is 5.92 Å². The normalized spacial score (nSPS) is 36.1. The van der Waals surface area contributed by atoms with Crippen molar-refractivity contribution in [2.45, 2.75) is 63.7 Å². The number of fused-ring (bicyclic) bond motifs is 1. The Bertz CT molecular complexity index is 641. The van der Waals surface area contributed by atoms with Crippen LogP contribution in [0.3, 0.4) is 0 Å². The minimum absolute atomic E-state index is 0.150. The Morgan fingerprint density at radius 1 is 1.19 bits per heavy atom. The number of nitrogens with one attached hydrogen (secondary N) is 2. The maximum atomic E-state index is 13.3. The number of carbonyl (C=O) groups excluding carboxylic acids is 1. The van der Waals surface area contributed by atoms with Crippen LogP contribution in [0.2, 0.25) is 0 Å². The second kappa shape index (κ2) is 7.90. The van der Waals surface area contributed by atoms with E-state index in [1.165, 1.54) is 12.0 Å². The number of nitrogens with zero attached hydrogens (tertiary/aromatic N) is 2. The zero-order chi connectivity index (χ0) is 19.0. The highest BCUT2D eigenvalue weighted by Gasteiger charge is 2.47. The molecule has 1 aromatic rings. The van der Waals surface area contributed by atoms with Gasteiger partial charge in [-0.25, -0.2) is 0 Å². The van der Waals surface area contributed by atoms with Crippen LogP contribution >= 0.6 is 0 Å². The highest BCUT2D eigenvalue weighted by molar-refractivity contribution is 5.80. The average molecular weight is 371 g/mol. The molecule has 0 saturated carbocycles. The Kier molecular flexibility index (Phi) is 5.53. The maximum absolute atomic E-state index is 13.3. The lowest BCUT2D eigenvalue weighted by Gasteiger charge is -2.27. The van der Waals surface area contributed by atoms with Crippen molar-refractivity contribution in [2.75, 3.05) is 20.1 Å². The lowest BCUT2D eigenvalue weighted by Crippen LogP contribution is -2.40. The third kappa shape index (κ3) is 3.65. The van der Waals surface area contributed by atoms with Crippen molar-refractivity contribution in [3.8, 4) is 0 Å². The molecular formula is C22H34N4O. The minimum atomic E-state index is 0.150. The minimum Gasteiger partial charge on any atom is -0.345 e. The number of hydrogen-bond donors (Lipinski definition) is 2. The van der Waals surface area contributed by atoms with Gasteiger partial charge in [0.25, 0.3) is 0 Å². The second-order valence-corrected chi connectivity index (χ2v) is 8.79. The standard InChI is InChI=1S/C22H34N4O/c1-15-18(16(2)24-23-15)11-13-25(3)22(27)19-14-21(17-8-5-4-6-9-17)26-12-7-10-20(19)26/h4-6,8-9,15-16,18-21,23-24H,7,10-14H2,1-3H3/t15?,16?,18?,19-,20+,21-/m1/s1. The summed E-state index contributed by atoms with van der Waals surface area (Å²) in [6.07, 6.45) is 4.40. The summed E-state index contributed by atoms with van der Waals surface area (Å²) < 4.78 is 0. The molecule has 148 valence electrons. The smallest absolute Gasteiger partial charge is 0.227 e. The third-order valence-corrected chi connectivity index (χ3v) is 7.18. The molecule has 3 fully saturated rings. The maximum Gasteiger partial charge on any atom is 0.227 e. The van der Waals surface area contributed by atoms with Crippen LogP contribution in [-0.4, -0.2) is 54.0 Å². The Hall–Kier alpha value is -1.43. The van der Waals surface area contributed by atoms with Crippen LogP contribution in [-0.2, 0) is 4.79 Å². The van der Waals surface area contributed by atoms with E-state index < -0.39 is 0 Å². The topological polar surface area (TPSA) is 47.6 Å². The lowest BCUT2D eigenvalue weighted by molar-refractivity contribution is -0.135. The van der Waals surface area contributed by atoms with Crippen molar-refractivity contribution in [2.24, 2.45) is 11.8 Å². The quantitative estimate of drug-likeness (QED) is 0.836. The molecule has 1 aromatic carbocycles. The molecule has 5 heteroatoms. The lowest BCUT2D eigenvalue weighted by atomic mass is 9.91. The van der Waals surface area contributed by atoms with Gasteiger partial charge in [-0.3, -0.25) is 20.5 Å². The first-order chi connectivity index (χ1) is 13.1. The van der Waals surface area contributed by atoms with Gasteiger partial charge < -0.3 is 4.90 Å². The molecule has 1 amide bonds. The molecule has 0 aromatic heterocycles. The van der Waals surface area contributed by atoms with Gasteiger partial charge in [-0.15, -0.1) is 0 Å². The fourth-order valence-electron chi connectivity index (χ4n) is 5.58. The van der Waals surface area contributed by atoms with Crippen molar-refractivity contribution in [3.63, 3.8) is 0 Å². The molecule has 0 bridgehead atoms. The molecule has 3 heterocycles. The van der Waals surface area contributed by atoms with Crippen LogP contribution in [0.15, 0.2) is 30.3 Å².